The third-order valence-electron chi connectivity index (χ3n) is 3.69. The Hall–Kier alpha value is -1.53. The predicted octanol–water partition coefficient (Wildman–Crippen LogP) is 3.25. The van der Waals surface area contributed by atoms with Crippen LogP contribution in [0.1, 0.15) is 36.0 Å². The number of carbonyl (C=O) groups is 1. The second kappa shape index (κ2) is 4.99. The minimum Gasteiger partial charge on any atom is -0.323 e. The summed E-state index contributed by atoms with van der Waals surface area (Å²) in [5.74, 6) is -0.177. The molecule has 0 aliphatic heterocycles. The molecule has 4 heteroatoms. The number of hydrogen-bond donors (Lipinski definition) is 0. The molecule has 1 amide bonds. The van der Waals surface area contributed by atoms with E-state index in [0.29, 0.717) is 10.6 Å². The van der Waals surface area contributed by atoms with Crippen LogP contribution >= 0.6 is 11.6 Å². The summed E-state index contributed by atoms with van der Waals surface area (Å²) in [6, 6.07) is 9.26. The molecule has 1 fully saturated rings. The maximum atomic E-state index is 12.4. The summed E-state index contributed by atoms with van der Waals surface area (Å²) in [5, 5.41) is 9.81. The first-order valence-corrected chi connectivity index (χ1v) is 6.42. The van der Waals surface area contributed by atoms with Crippen LogP contribution in [0.5, 0.6) is 0 Å². The lowest BCUT2D eigenvalue weighted by molar-refractivity contribution is 0.0663. The van der Waals surface area contributed by atoms with Gasteiger partial charge in [-0.1, -0.05) is 23.7 Å². The van der Waals surface area contributed by atoms with Crippen molar-refractivity contribution in [2.45, 2.75) is 31.2 Å². The van der Waals surface area contributed by atoms with Gasteiger partial charge in [-0.3, -0.25) is 4.79 Å². The molecule has 0 radical (unpaired) electrons. The molecule has 1 saturated carbocycles. The van der Waals surface area contributed by atoms with E-state index in [-0.39, 0.29) is 5.91 Å². The van der Waals surface area contributed by atoms with Crippen molar-refractivity contribution in [2.24, 2.45) is 0 Å². The number of halogens is 1. The third kappa shape index (κ3) is 2.09. The molecular weight excluding hydrogens is 248 g/mol. The van der Waals surface area contributed by atoms with Gasteiger partial charge in [-0.05, 0) is 37.8 Å². The van der Waals surface area contributed by atoms with Crippen molar-refractivity contribution in [2.75, 3.05) is 7.05 Å². The highest BCUT2D eigenvalue weighted by molar-refractivity contribution is 6.33. The van der Waals surface area contributed by atoms with Gasteiger partial charge < -0.3 is 4.90 Å². The van der Waals surface area contributed by atoms with Crippen LogP contribution in [-0.2, 0) is 0 Å². The Labute approximate surface area is 112 Å². The predicted molar refractivity (Wildman–Crippen MR) is 70.4 cm³/mol. The highest BCUT2D eigenvalue weighted by Crippen LogP contribution is 2.35. The molecule has 0 aromatic heterocycles. The monoisotopic (exact) mass is 262 g/mol. The summed E-state index contributed by atoms with van der Waals surface area (Å²) in [6.07, 6.45) is 3.48. The van der Waals surface area contributed by atoms with Gasteiger partial charge in [0.2, 0.25) is 0 Å². The molecule has 1 aromatic carbocycles. The molecule has 94 valence electrons. The minimum absolute atomic E-state index is 0.177. The van der Waals surface area contributed by atoms with E-state index >= 15 is 0 Å². The lowest BCUT2D eigenvalue weighted by Crippen LogP contribution is -2.46. The number of carbonyl (C=O) groups excluding carboxylic acids is 1. The van der Waals surface area contributed by atoms with Crippen LogP contribution in [0, 0.1) is 11.3 Å². The molecule has 1 aliphatic rings. The minimum atomic E-state index is -0.656. The van der Waals surface area contributed by atoms with Gasteiger partial charge in [0.05, 0.1) is 16.7 Å². The Balaban J connectivity index is 2.30. The van der Waals surface area contributed by atoms with E-state index in [1.54, 1.807) is 36.2 Å². The van der Waals surface area contributed by atoms with Crippen molar-refractivity contribution in [3.63, 3.8) is 0 Å². The molecule has 0 spiro atoms. The molecule has 0 unspecified atom stereocenters. The standard InChI is InChI=1S/C14H15ClN2O/c1-17(14(10-16)8-4-5-9-14)13(18)11-6-2-3-7-12(11)15/h2-3,6-7H,4-5,8-9H2,1H3. The van der Waals surface area contributed by atoms with Crippen molar-refractivity contribution in [3.8, 4) is 6.07 Å². The van der Waals surface area contributed by atoms with Crippen molar-refractivity contribution < 1.29 is 4.79 Å². The molecule has 0 saturated heterocycles. The second-order valence-corrected chi connectivity index (χ2v) is 5.10. The van der Waals surface area contributed by atoms with Crippen LogP contribution in [0.15, 0.2) is 24.3 Å². The van der Waals surface area contributed by atoms with Crippen LogP contribution in [-0.4, -0.2) is 23.4 Å². The largest absolute Gasteiger partial charge is 0.323 e. The fourth-order valence-electron chi connectivity index (χ4n) is 2.49. The van der Waals surface area contributed by atoms with Gasteiger partial charge >= 0.3 is 0 Å². The summed E-state index contributed by atoms with van der Waals surface area (Å²) in [7, 11) is 1.69. The van der Waals surface area contributed by atoms with E-state index in [9.17, 15) is 10.1 Å². The first kappa shape index (κ1) is 12.9. The average molecular weight is 263 g/mol. The SMILES string of the molecule is CN(C(=O)c1ccccc1Cl)C1(C#N)CCCC1. The molecule has 0 N–H and O–H groups in total. The molecular formula is C14H15ClN2O. The number of hydrogen-bond acceptors (Lipinski definition) is 2. The normalized spacial score (nSPS) is 17.2. The Bertz CT molecular complexity index is 501. The van der Waals surface area contributed by atoms with E-state index in [1.807, 2.05) is 0 Å². The first-order chi connectivity index (χ1) is 8.60. The van der Waals surface area contributed by atoms with Crippen LogP contribution < -0.4 is 0 Å². The lowest BCUT2D eigenvalue weighted by atomic mass is 9.96. The zero-order chi connectivity index (χ0) is 13.2. The molecule has 0 atom stereocenters. The van der Waals surface area contributed by atoms with Crippen molar-refractivity contribution in [1.82, 2.24) is 4.90 Å². The fraction of sp³-hybridized carbons (Fsp3) is 0.429. The number of benzene rings is 1. The van der Waals surface area contributed by atoms with Crippen LogP contribution in [0.25, 0.3) is 0 Å². The van der Waals surface area contributed by atoms with E-state index in [2.05, 4.69) is 6.07 Å². The van der Waals surface area contributed by atoms with Crippen LogP contribution in [0.4, 0.5) is 0 Å². The summed E-state index contributed by atoms with van der Waals surface area (Å²) < 4.78 is 0. The summed E-state index contributed by atoms with van der Waals surface area (Å²) in [6.45, 7) is 0. The van der Waals surface area contributed by atoms with Gasteiger partial charge in [0.15, 0.2) is 0 Å². The van der Waals surface area contributed by atoms with E-state index in [4.69, 9.17) is 11.6 Å². The smallest absolute Gasteiger partial charge is 0.256 e. The van der Waals surface area contributed by atoms with Crippen molar-refractivity contribution in [3.05, 3.63) is 34.9 Å². The van der Waals surface area contributed by atoms with Gasteiger partial charge in [-0.25, -0.2) is 0 Å². The molecule has 2 rings (SSSR count). The Morgan fingerprint density at radius 2 is 2.00 bits per heavy atom. The molecule has 0 bridgehead atoms. The Morgan fingerprint density at radius 1 is 1.39 bits per heavy atom. The van der Waals surface area contributed by atoms with Gasteiger partial charge in [0, 0.05) is 7.05 Å². The molecule has 0 heterocycles. The second-order valence-electron chi connectivity index (χ2n) is 4.69. The van der Waals surface area contributed by atoms with Crippen molar-refractivity contribution >= 4 is 17.5 Å². The number of nitriles is 1. The van der Waals surface area contributed by atoms with Crippen LogP contribution in [0.2, 0.25) is 5.02 Å². The fourth-order valence-corrected chi connectivity index (χ4v) is 2.71. The van der Waals surface area contributed by atoms with Gasteiger partial charge in [-0.15, -0.1) is 0 Å². The Morgan fingerprint density at radius 3 is 2.56 bits per heavy atom. The number of nitrogens with zero attached hydrogens (tertiary/aromatic N) is 2. The van der Waals surface area contributed by atoms with E-state index in [0.717, 1.165) is 25.7 Å². The number of amides is 1. The van der Waals surface area contributed by atoms with E-state index in [1.165, 1.54) is 0 Å². The maximum Gasteiger partial charge on any atom is 0.256 e. The Kier molecular flexibility index (Phi) is 3.58. The highest BCUT2D eigenvalue weighted by atomic mass is 35.5. The summed E-state index contributed by atoms with van der Waals surface area (Å²) >= 11 is 6.03. The zero-order valence-corrected chi connectivity index (χ0v) is 11.1. The first-order valence-electron chi connectivity index (χ1n) is 6.05. The molecule has 3 nitrogen and oxygen atoms in total. The molecule has 18 heavy (non-hydrogen) atoms. The molecule has 1 aromatic rings. The average Bonchev–Trinajstić information content (AvgIpc) is 2.87. The maximum absolute atomic E-state index is 12.4. The van der Waals surface area contributed by atoms with Gasteiger partial charge in [-0.2, -0.15) is 5.26 Å². The van der Waals surface area contributed by atoms with Gasteiger partial charge in [0.1, 0.15) is 5.54 Å². The topological polar surface area (TPSA) is 44.1 Å². The van der Waals surface area contributed by atoms with Gasteiger partial charge in [0.25, 0.3) is 5.91 Å². The lowest BCUT2D eigenvalue weighted by Gasteiger charge is -2.32. The quantitative estimate of drug-likeness (QED) is 0.821. The third-order valence-corrected chi connectivity index (χ3v) is 4.02. The summed E-state index contributed by atoms with van der Waals surface area (Å²) in [4.78, 5) is 14.0. The van der Waals surface area contributed by atoms with E-state index < -0.39 is 5.54 Å². The van der Waals surface area contributed by atoms with Crippen molar-refractivity contribution in [1.29, 1.82) is 5.26 Å². The highest BCUT2D eigenvalue weighted by Gasteiger charge is 2.40. The summed E-state index contributed by atoms with van der Waals surface area (Å²) in [5.41, 5.74) is -0.195. The molecule has 1 aliphatic carbocycles. The zero-order valence-electron chi connectivity index (χ0n) is 10.3. The van der Waals surface area contributed by atoms with Crippen LogP contribution in [0.3, 0.4) is 0 Å². The number of rotatable bonds is 2.